The Morgan fingerprint density at radius 2 is 2.12 bits per heavy atom. The maximum absolute atomic E-state index is 11.9. The molecule has 1 aromatic heterocycles. The average molecular weight is 289 g/mol. The van der Waals surface area contributed by atoms with Gasteiger partial charge in [-0.2, -0.15) is 0 Å². The van der Waals surface area contributed by atoms with E-state index in [9.17, 15) is 4.79 Å². The summed E-state index contributed by atoms with van der Waals surface area (Å²) >= 11 is 3.42. The zero-order chi connectivity index (χ0) is 11.8. The Morgan fingerprint density at radius 1 is 1.24 bits per heavy atom. The number of amides is 1. The van der Waals surface area contributed by atoms with E-state index in [1.165, 1.54) is 0 Å². The molecule has 0 radical (unpaired) electrons. The molecular formula is C13H9BrN2O. The topological polar surface area (TPSA) is 44.9 Å². The van der Waals surface area contributed by atoms with Crippen LogP contribution in [0.2, 0.25) is 0 Å². The molecule has 0 saturated carbocycles. The lowest BCUT2D eigenvalue weighted by atomic mass is 10.1. The Bertz CT molecular complexity index is 614. The SMILES string of the molecule is O=C1Nc2ccc(Br)cc2C1=Cc1cc[nH]c1. The van der Waals surface area contributed by atoms with Crippen molar-refractivity contribution in [3.05, 3.63) is 52.3 Å². The molecule has 0 unspecified atom stereocenters. The highest BCUT2D eigenvalue weighted by Gasteiger charge is 2.23. The van der Waals surface area contributed by atoms with E-state index in [-0.39, 0.29) is 5.91 Å². The number of benzene rings is 1. The summed E-state index contributed by atoms with van der Waals surface area (Å²) in [4.78, 5) is 14.8. The van der Waals surface area contributed by atoms with Crippen LogP contribution in [0.5, 0.6) is 0 Å². The lowest BCUT2D eigenvalue weighted by Gasteiger charge is -1.98. The quantitative estimate of drug-likeness (QED) is 0.777. The highest BCUT2D eigenvalue weighted by Crippen LogP contribution is 2.34. The normalized spacial score (nSPS) is 16.1. The first kappa shape index (κ1) is 10.4. The van der Waals surface area contributed by atoms with Crippen molar-refractivity contribution in [2.45, 2.75) is 0 Å². The molecule has 2 N–H and O–H groups in total. The minimum atomic E-state index is -0.0562. The predicted molar refractivity (Wildman–Crippen MR) is 71.4 cm³/mol. The van der Waals surface area contributed by atoms with Crippen molar-refractivity contribution in [2.24, 2.45) is 0 Å². The van der Waals surface area contributed by atoms with E-state index >= 15 is 0 Å². The van der Waals surface area contributed by atoms with E-state index in [4.69, 9.17) is 0 Å². The number of nitrogens with one attached hydrogen (secondary N) is 2. The maximum Gasteiger partial charge on any atom is 0.256 e. The maximum atomic E-state index is 11.9. The van der Waals surface area contributed by atoms with Gasteiger partial charge in [0.2, 0.25) is 0 Å². The van der Waals surface area contributed by atoms with Crippen LogP contribution in [0.3, 0.4) is 0 Å². The molecule has 84 valence electrons. The van der Waals surface area contributed by atoms with Crippen LogP contribution in [0.25, 0.3) is 11.6 Å². The highest BCUT2D eigenvalue weighted by atomic mass is 79.9. The van der Waals surface area contributed by atoms with E-state index in [1.807, 2.05) is 42.7 Å². The van der Waals surface area contributed by atoms with Crippen LogP contribution in [0.1, 0.15) is 11.1 Å². The van der Waals surface area contributed by atoms with Gasteiger partial charge >= 0.3 is 0 Å². The van der Waals surface area contributed by atoms with Crippen LogP contribution in [-0.4, -0.2) is 10.9 Å². The van der Waals surface area contributed by atoms with Crippen molar-refractivity contribution in [1.29, 1.82) is 0 Å². The summed E-state index contributed by atoms with van der Waals surface area (Å²) in [5.41, 5.74) is 3.48. The molecule has 2 heterocycles. The van der Waals surface area contributed by atoms with Crippen molar-refractivity contribution in [2.75, 3.05) is 5.32 Å². The Labute approximate surface area is 107 Å². The first-order valence-corrected chi connectivity index (χ1v) is 5.99. The smallest absolute Gasteiger partial charge is 0.256 e. The number of carbonyl (C=O) groups is 1. The number of H-pyrrole nitrogens is 1. The fraction of sp³-hybridized carbons (Fsp3) is 0. The third kappa shape index (κ3) is 1.80. The Hall–Kier alpha value is -1.81. The molecule has 0 aliphatic carbocycles. The minimum absolute atomic E-state index is 0.0562. The number of hydrogen-bond acceptors (Lipinski definition) is 1. The number of rotatable bonds is 1. The average Bonchev–Trinajstić information content (AvgIpc) is 2.90. The van der Waals surface area contributed by atoms with Gasteiger partial charge in [0.1, 0.15) is 0 Å². The third-order valence-corrected chi connectivity index (χ3v) is 3.19. The zero-order valence-corrected chi connectivity index (χ0v) is 10.4. The van der Waals surface area contributed by atoms with Gasteiger partial charge in [-0.1, -0.05) is 15.9 Å². The van der Waals surface area contributed by atoms with Crippen molar-refractivity contribution in [3.63, 3.8) is 0 Å². The van der Waals surface area contributed by atoms with Crippen LogP contribution in [0, 0.1) is 0 Å². The van der Waals surface area contributed by atoms with E-state index in [1.54, 1.807) is 0 Å². The molecule has 0 bridgehead atoms. The fourth-order valence-corrected chi connectivity index (χ4v) is 2.26. The van der Waals surface area contributed by atoms with Crippen LogP contribution in [0.4, 0.5) is 5.69 Å². The van der Waals surface area contributed by atoms with Gasteiger partial charge in [0.05, 0.1) is 0 Å². The van der Waals surface area contributed by atoms with Gasteiger partial charge in [-0.15, -0.1) is 0 Å². The Balaban J connectivity index is 2.13. The summed E-state index contributed by atoms with van der Waals surface area (Å²) in [7, 11) is 0. The Morgan fingerprint density at radius 3 is 2.88 bits per heavy atom. The summed E-state index contributed by atoms with van der Waals surface area (Å²) in [5, 5.41) is 2.85. The summed E-state index contributed by atoms with van der Waals surface area (Å²) in [6.45, 7) is 0. The van der Waals surface area contributed by atoms with Gasteiger partial charge in [-0.05, 0) is 35.9 Å². The number of hydrogen-bond donors (Lipinski definition) is 2. The molecule has 2 aromatic rings. The molecule has 1 amide bonds. The standard InChI is InChI=1S/C13H9BrN2O/c14-9-1-2-12-10(6-9)11(13(17)16-12)5-8-3-4-15-7-8/h1-7,15H,(H,16,17). The molecule has 3 rings (SSSR count). The number of halogens is 1. The molecular weight excluding hydrogens is 280 g/mol. The van der Waals surface area contributed by atoms with Crippen molar-refractivity contribution in [1.82, 2.24) is 4.98 Å². The molecule has 0 saturated heterocycles. The molecule has 1 aliphatic rings. The highest BCUT2D eigenvalue weighted by molar-refractivity contribution is 9.10. The second-order valence-corrected chi connectivity index (χ2v) is 4.76. The van der Waals surface area contributed by atoms with Crippen molar-refractivity contribution < 1.29 is 4.79 Å². The van der Waals surface area contributed by atoms with Gasteiger partial charge in [-0.25, -0.2) is 0 Å². The predicted octanol–water partition coefficient (Wildman–Crippen LogP) is 3.27. The van der Waals surface area contributed by atoms with Crippen LogP contribution >= 0.6 is 15.9 Å². The molecule has 1 aliphatic heterocycles. The van der Waals surface area contributed by atoms with Gasteiger partial charge in [0.15, 0.2) is 0 Å². The lowest BCUT2D eigenvalue weighted by molar-refractivity contribution is -0.110. The fourth-order valence-electron chi connectivity index (χ4n) is 1.90. The Kier molecular flexibility index (Phi) is 2.37. The van der Waals surface area contributed by atoms with Crippen LogP contribution in [-0.2, 0) is 4.79 Å². The van der Waals surface area contributed by atoms with Crippen molar-refractivity contribution >= 4 is 39.2 Å². The zero-order valence-electron chi connectivity index (χ0n) is 8.83. The molecule has 0 fully saturated rings. The molecule has 3 nitrogen and oxygen atoms in total. The second kappa shape index (κ2) is 3.89. The van der Waals surface area contributed by atoms with E-state index in [0.717, 1.165) is 21.3 Å². The van der Waals surface area contributed by atoms with Crippen molar-refractivity contribution in [3.8, 4) is 0 Å². The lowest BCUT2D eigenvalue weighted by Crippen LogP contribution is -2.03. The van der Waals surface area contributed by atoms with Gasteiger partial charge in [0.25, 0.3) is 5.91 Å². The summed E-state index contributed by atoms with van der Waals surface area (Å²) < 4.78 is 0.965. The number of aromatic amines is 1. The first-order chi connectivity index (χ1) is 8.24. The largest absolute Gasteiger partial charge is 0.367 e. The number of carbonyl (C=O) groups excluding carboxylic acids is 1. The number of aromatic nitrogens is 1. The van der Waals surface area contributed by atoms with E-state index < -0.39 is 0 Å². The third-order valence-electron chi connectivity index (χ3n) is 2.70. The molecule has 0 spiro atoms. The number of anilines is 1. The summed E-state index contributed by atoms with van der Waals surface area (Å²) in [6, 6.07) is 7.69. The summed E-state index contributed by atoms with van der Waals surface area (Å²) in [5.74, 6) is -0.0562. The molecule has 17 heavy (non-hydrogen) atoms. The monoisotopic (exact) mass is 288 g/mol. The number of fused-ring (bicyclic) bond motifs is 1. The molecule has 1 aromatic carbocycles. The van der Waals surface area contributed by atoms with E-state index in [2.05, 4.69) is 26.2 Å². The first-order valence-electron chi connectivity index (χ1n) is 5.20. The van der Waals surface area contributed by atoms with Crippen LogP contribution in [0.15, 0.2) is 41.1 Å². The minimum Gasteiger partial charge on any atom is -0.367 e. The van der Waals surface area contributed by atoms with Gasteiger partial charge in [-0.3, -0.25) is 4.79 Å². The van der Waals surface area contributed by atoms with Gasteiger partial charge < -0.3 is 10.3 Å². The van der Waals surface area contributed by atoms with E-state index in [0.29, 0.717) is 5.57 Å². The second-order valence-electron chi connectivity index (χ2n) is 3.85. The van der Waals surface area contributed by atoms with Gasteiger partial charge in [0, 0.05) is 33.7 Å². The molecule has 0 atom stereocenters. The summed E-state index contributed by atoms with van der Waals surface area (Å²) in [6.07, 6.45) is 5.57. The molecule has 4 heteroatoms. The van der Waals surface area contributed by atoms with Crippen LogP contribution < -0.4 is 5.32 Å².